The van der Waals surface area contributed by atoms with Crippen LogP contribution >= 0.6 is 0 Å². The smallest absolute Gasteiger partial charge is 0.272 e. The van der Waals surface area contributed by atoms with Crippen molar-refractivity contribution in [3.63, 3.8) is 0 Å². The van der Waals surface area contributed by atoms with Crippen LogP contribution < -0.4 is 0 Å². The van der Waals surface area contributed by atoms with Crippen molar-refractivity contribution < 1.29 is 4.79 Å². The fraction of sp³-hybridized carbons (Fsp3) is 0.571. The van der Waals surface area contributed by atoms with Crippen LogP contribution in [0.15, 0.2) is 30.5 Å². The lowest BCUT2D eigenvalue weighted by Gasteiger charge is -2.35. The van der Waals surface area contributed by atoms with Crippen LogP contribution in [0.2, 0.25) is 0 Å². The molecule has 1 amide bonds. The Morgan fingerprint density at radius 3 is 2.85 bits per heavy atom. The van der Waals surface area contributed by atoms with Gasteiger partial charge in [-0.1, -0.05) is 19.9 Å². The minimum atomic E-state index is 0.126. The van der Waals surface area contributed by atoms with Crippen molar-refractivity contribution in [1.82, 2.24) is 19.7 Å². The molecule has 2 aromatic rings. The number of pyridine rings is 1. The summed E-state index contributed by atoms with van der Waals surface area (Å²) < 4.78 is 1.75. The Kier molecular flexibility index (Phi) is 6.07. The van der Waals surface area contributed by atoms with Gasteiger partial charge in [0.05, 0.1) is 5.69 Å². The van der Waals surface area contributed by atoms with Gasteiger partial charge in [0.2, 0.25) is 0 Å². The monoisotopic (exact) mass is 354 g/mol. The van der Waals surface area contributed by atoms with E-state index in [4.69, 9.17) is 0 Å². The normalized spacial score (nSPS) is 17.7. The summed E-state index contributed by atoms with van der Waals surface area (Å²) in [6.45, 7) is 5.19. The first-order valence-electron chi connectivity index (χ1n) is 9.78. The van der Waals surface area contributed by atoms with E-state index in [0.29, 0.717) is 17.7 Å². The van der Waals surface area contributed by atoms with Crippen LogP contribution in [0.25, 0.3) is 0 Å². The Morgan fingerprint density at radius 2 is 2.12 bits per heavy atom. The van der Waals surface area contributed by atoms with Gasteiger partial charge in [0.15, 0.2) is 0 Å². The number of hydrogen-bond donors (Lipinski definition) is 0. The lowest BCUT2D eigenvalue weighted by molar-refractivity contribution is 0.0590. The van der Waals surface area contributed by atoms with E-state index in [1.807, 2.05) is 31.4 Å². The van der Waals surface area contributed by atoms with Gasteiger partial charge in [0.1, 0.15) is 5.69 Å². The van der Waals surface area contributed by atoms with Crippen LogP contribution in [0, 0.1) is 5.92 Å². The van der Waals surface area contributed by atoms with Gasteiger partial charge in [-0.15, -0.1) is 0 Å². The molecule has 1 aliphatic heterocycles. The molecular weight excluding hydrogens is 324 g/mol. The quantitative estimate of drug-likeness (QED) is 0.796. The molecule has 1 atom stereocenters. The van der Waals surface area contributed by atoms with Crippen LogP contribution in [-0.2, 0) is 19.9 Å². The molecule has 0 spiro atoms. The number of aromatic nitrogens is 3. The summed E-state index contributed by atoms with van der Waals surface area (Å²) in [6, 6.07) is 8.30. The average Bonchev–Trinajstić information content (AvgIpc) is 3.00. The number of carbonyl (C=O) groups is 1. The molecule has 5 heteroatoms. The first kappa shape index (κ1) is 18.6. The van der Waals surface area contributed by atoms with Crippen LogP contribution in [0.4, 0.5) is 0 Å². The predicted molar refractivity (Wildman–Crippen MR) is 103 cm³/mol. The van der Waals surface area contributed by atoms with Gasteiger partial charge in [-0.3, -0.25) is 14.5 Å². The van der Waals surface area contributed by atoms with E-state index in [9.17, 15) is 4.79 Å². The highest BCUT2D eigenvalue weighted by molar-refractivity contribution is 5.93. The van der Waals surface area contributed by atoms with E-state index in [1.165, 1.54) is 6.42 Å². The summed E-state index contributed by atoms with van der Waals surface area (Å²) in [4.78, 5) is 19.7. The predicted octanol–water partition coefficient (Wildman–Crippen LogP) is 3.64. The Balaban J connectivity index is 1.70. The van der Waals surface area contributed by atoms with Crippen molar-refractivity contribution in [1.29, 1.82) is 0 Å². The number of piperidine rings is 1. The molecule has 0 saturated carbocycles. The third-order valence-corrected chi connectivity index (χ3v) is 5.11. The Bertz CT molecular complexity index is 723. The number of aryl methyl sites for hydroxylation is 2. The van der Waals surface area contributed by atoms with Crippen molar-refractivity contribution in [3.05, 3.63) is 47.5 Å². The van der Waals surface area contributed by atoms with Crippen LogP contribution in [0.5, 0.6) is 0 Å². The lowest BCUT2D eigenvalue weighted by atomic mass is 9.96. The Labute approximate surface area is 156 Å². The van der Waals surface area contributed by atoms with Crippen molar-refractivity contribution in [2.75, 3.05) is 6.54 Å². The molecule has 1 fully saturated rings. The lowest BCUT2D eigenvalue weighted by Crippen LogP contribution is -2.44. The minimum absolute atomic E-state index is 0.126. The molecule has 0 aromatic carbocycles. The standard InChI is InChI=1S/C21H30N4O/c1-16(2)14-18-15-20(24(3)23-18)21(26)25-13-7-5-9-19(25)11-10-17-8-4-6-12-22-17/h4,6,8,12,15-16,19H,5,7,9-11,13-14H2,1-3H3. The van der Waals surface area contributed by atoms with Gasteiger partial charge >= 0.3 is 0 Å². The highest BCUT2D eigenvalue weighted by Crippen LogP contribution is 2.23. The molecule has 26 heavy (non-hydrogen) atoms. The summed E-state index contributed by atoms with van der Waals surface area (Å²) in [5, 5.41) is 4.54. The molecule has 1 saturated heterocycles. The fourth-order valence-corrected chi connectivity index (χ4v) is 3.82. The number of rotatable bonds is 6. The molecule has 0 bridgehead atoms. The summed E-state index contributed by atoms with van der Waals surface area (Å²) in [7, 11) is 1.88. The Hall–Kier alpha value is -2.17. The number of nitrogens with zero attached hydrogens (tertiary/aromatic N) is 4. The molecule has 0 N–H and O–H groups in total. The summed E-state index contributed by atoms with van der Waals surface area (Å²) in [5.74, 6) is 0.662. The largest absolute Gasteiger partial charge is 0.334 e. The van der Waals surface area contributed by atoms with E-state index < -0.39 is 0 Å². The molecular formula is C21H30N4O. The molecule has 0 radical (unpaired) electrons. The minimum Gasteiger partial charge on any atom is -0.334 e. The fourth-order valence-electron chi connectivity index (χ4n) is 3.82. The third kappa shape index (κ3) is 4.51. The van der Waals surface area contributed by atoms with E-state index in [2.05, 4.69) is 34.9 Å². The summed E-state index contributed by atoms with van der Waals surface area (Å²) >= 11 is 0. The maximum absolute atomic E-state index is 13.2. The second-order valence-corrected chi connectivity index (χ2v) is 7.75. The first-order chi connectivity index (χ1) is 12.5. The molecule has 0 aliphatic carbocycles. The van der Waals surface area contributed by atoms with Crippen molar-refractivity contribution in [2.45, 2.75) is 58.4 Å². The molecule has 3 rings (SSSR count). The van der Waals surface area contributed by atoms with E-state index in [0.717, 1.165) is 50.0 Å². The molecule has 2 aromatic heterocycles. The molecule has 3 heterocycles. The van der Waals surface area contributed by atoms with Crippen LogP contribution in [-0.4, -0.2) is 38.2 Å². The summed E-state index contributed by atoms with van der Waals surface area (Å²) in [6.07, 6.45) is 7.99. The van der Waals surface area contributed by atoms with Crippen molar-refractivity contribution in [2.24, 2.45) is 13.0 Å². The Morgan fingerprint density at radius 1 is 1.27 bits per heavy atom. The van der Waals surface area contributed by atoms with Gasteiger partial charge in [0.25, 0.3) is 5.91 Å². The van der Waals surface area contributed by atoms with Crippen LogP contribution in [0.3, 0.4) is 0 Å². The highest BCUT2D eigenvalue weighted by atomic mass is 16.2. The van der Waals surface area contributed by atoms with Crippen molar-refractivity contribution in [3.8, 4) is 0 Å². The van der Waals surface area contributed by atoms with Crippen LogP contribution in [0.1, 0.15) is 61.4 Å². The van der Waals surface area contributed by atoms with E-state index in [1.54, 1.807) is 4.68 Å². The number of carbonyl (C=O) groups excluding carboxylic acids is 1. The average molecular weight is 354 g/mol. The van der Waals surface area contributed by atoms with Gasteiger partial charge in [-0.25, -0.2) is 0 Å². The highest BCUT2D eigenvalue weighted by Gasteiger charge is 2.29. The van der Waals surface area contributed by atoms with E-state index >= 15 is 0 Å². The topological polar surface area (TPSA) is 51.0 Å². The number of hydrogen-bond acceptors (Lipinski definition) is 3. The molecule has 1 aliphatic rings. The maximum Gasteiger partial charge on any atom is 0.272 e. The maximum atomic E-state index is 13.2. The third-order valence-electron chi connectivity index (χ3n) is 5.11. The SMILES string of the molecule is CC(C)Cc1cc(C(=O)N2CCCCC2CCc2ccccn2)n(C)n1. The molecule has 5 nitrogen and oxygen atoms in total. The number of likely N-dealkylation sites (tertiary alicyclic amines) is 1. The zero-order valence-electron chi connectivity index (χ0n) is 16.2. The zero-order valence-corrected chi connectivity index (χ0v) is 16.2. The van der Waals surface area contributed by atoms with Gasteiger partial charge in [-0.05, 0) is 62.6 Å². The first-order valence-corrected chi connectivity index (χ1v) is 9.78. The molecule has 1 unspecified atom stereocenters. The van der Waals surface area contributed by atoms with Gasteiger partial charge in [0, 0.05) is 31.5 Å². The second-order valence-electron chi connectivity index (χ2n) is 7.75. The second kappa shape index (κ2) is 8.47. The summed E-state index contributed by atoms with van der Waals surface area (Å²) in [5.41, 5.74) is 2.82. The zero-order chi connectivity index (χ0) is 18.5. The van der Waals surface area contributed by atoms with E-state index in [-0.39, 0.29) is 5.91 Å². The number of amides is 1. The molecule has 140 valence electrons. The van der Waals surface area contributed by atoms with Crippen molar-refractivity contribution >= 4 is 5.91 Å². The van der Waals surface area contributed by atoms with Gasteiger partial charge < -0.3 is 4.90 Å². The van der Waals surface area contributed by atoms with Gasteiger partial charge in [-0.2, -0.15) is 5.10 Å².